The molecule has 0 aliphatic carbocycles. The standard InChI is InChI=1S/C13H15N5O2S/c1-16-11(20)14-6-13(16)7-17(8-13)5-9-4-10(19)18-2-3-21-12(18)15-9/h2-4H,5-8H2,1H3,(H,14,20). The van der Waals surface area contributed by atoms with Crippen molar-refractivity contribution in [3.8, 4) is 0 Å². The van der Waals surface area contributed by atoms with E-state index in [4.69, 9.17) is 0 Å². The third kappa shape index (κ3) is 1.86. The van der Waals surface area contributed by atoms with Gasteiger partial charge in [-0.25, -0.2) is 9.78 Å². The van der Waals surface area contributed by atoms with Gasteiger partial charge in [-0.2, -0.15) is 0 Å². The van der Waals surface area contributed by atoms with Crippen LogP contribution < -0.4 is 10.9 Å². The van der Waals surface area contributed by atoms with Crippen LogP contribution in [0.25, 0.3) is 4.96 Å². The Morgan fingerprint density at radius 2 is 2.24 bits per heavy atom. The van der Waals surface area contributed by atoms with Crippen molar-refractivity contribution in [2.45, 2.75) is 12.1 Å². The summed E-state index contributed by atoms with van der Waals surface area (Å²) < 4.78 is 1.55. The molecule has 2 fully saturated rings. The van der Waals surface area contributed by atoms with E-state index in [1.165, 1.54) is 11.3 Å². The number of carbonyl (C=O) groups excluding carboxylic acids is 1. The fourth-order valence-corrected chi connectivity index (χ4v) is 3.85. The SMILES string of the molecule is CN1C(=O)NCC12CN(Cc1cc(=O)n3ccsc3n1)C2. The number of carbonyl (C=O) groups is 1. The van der Waals surface area contributed by atoms with Gasteiger partial charge in [0.2, 0.25) is 0 Å². The first-order valence-corrected chi connectivity index (χ1v) is 7.65. The molecule has 8 heteroatoms. The van der Waals surface area contributed by atoms with E-state index in [0.29, 0.717) is 13.1 Å². The number of aromatic nitrogens is 2. The lowest BCUT2D eigenvalue weighted by Gasteiger charge is -2.50. The molecule has 0 saturated carbocycles. The highest BCUT2D eigenvalue weighted by Crippen LogP contribution is 2.30. The van der Waals surface area contributed by atoms with Crippen molar-refractivity contribution < 1.29 is 4.79 Å². The molecule has 2 aromatic rings. The van der Waals surface area contributed by atoms with E-state index in [0.717, 1.165) is 23.7 Å². The van der Waals surface area contributed by atoms with Crippen LogP contribution >= 0.6 is 11.3 Å². The summed E-state index contributed by atoms with van der Waals surface area (Å²) in [5.74, 6) is 0. The molecule has 2 aliphatic heterocycles. The van der Waals surface area contributed by atoms with E-state index < -0.39 is 0 Å². The molecule has 2 aliphatic rings. The molecule has 21 heavy (non-hydrogen) atoms. The van der Waals surface area contributed by atoms with Crippen LogP contribution in [0.2, 0.25) is 0 Å². The van der Waals surface area contributed by atoms with Gasteiger partial charge in [0.1, 0.15) is 0 Å². The zero-order valence-corrected chi connectivity index (χ0v) is 12.4. The van der Waals surface area contributed by atoms with Crippen molar-refractivity contribution in [2.24, 2.45) is 0 Å². The van der Waals surface area contributed by atoms with Crippen LogP contribution in [0.1, 0.15) is 5.69 Å². The molecular formula is C13H15N5O2S. The number of hydrogen-bond donors (Lipinski definition) is 1. The van der Waals surface area contributed by atoms with Gasteiger partial charge < -0.3 is 10.2 Å². The number of likely N-dealkylation sites (N-methyl/N-ethyl adjacent to an activating group) is 1. The topological polar surface area (TPSA) is 70.0 Å². The lowest BCUT2D eigenvalue weighted by Crippen LogP contribution is -2.68. The summed E-state index contributed by atoms with van der Waals surface area (Å²) in [4.78, 5) is 32.7. The molecule has 4 heterocycles. The highest BCUT2D eigenvalue weighted by atomic mass is 32.1. The Kier molecular flexibility index (Phi) is 2.61. The van der Waals surface area contributed by atoms with Gasteiger partial charge in [-0.3, -0.25) is 14.1 Å². The van der Waals surface area contributed by atoms with Gasteiger partial charge in [-0.05, 0) is 0 Å². The first kappa shape index (κ1) is 12.8. The smallest absolute Gasteiger partial charge is 0.317 e. The quantitative estimate of drug-likeness (QED) is 0.845. The van der Waals surface area contributed by atoms with Gasteiger partial charge in [0, 0.05) is 50.9 Å². The van der Waals surface area contributed by atoms with E-state index in [1.54, 1.807) is 21.6 Å². The van der Waals surface area contributed by atoms with Crippen molar-refractivity contribution in [1.29, 1.82) is 0 Å². The maximum absolute atomic E-state index is 11.9. The summed E-state index contributed by atoms with van der Waals surface area (Å²) >= 11 is 1.46. The summed E-state index contributed by atoms with van der Waals surface area (Å²) in [5, 5.41) is 4.73. The predicted molar refractivity (Wildman–Crippen MR) is 78.5 cm³/mol. The number of thiazole rings is 1. The molecule has 4 rings (SSSR count). The van der Waals surface area contributed by atoms with Crippen molar-refractivity contribution in [3.05, 3.63) is 33.7 Å². The van der Waals surface area contributed by atoms with Crippen LogP contribution in [0.4, 0.5) is 4.79 Å². The molecule has 0 atom stereocenters. The minimum atomic E-state index is -0.0842. The molecule has 2 amide bonds. The van der Waals surface area contributed by atoms with Crippen molar-refractivity contribution in [1.82, 2.24) is 24.5 Å². The molecule has 1 spiro atoms. The average Bonchev–Trinajstić information content (AvgIpc) is 2.98. The molecule has 0 radical (unpaired) electrons. The average molecular weight is 305 g/mol. The maximum Gasteiger partial charge on any atom is 0.317 e. The molecule has 2 aromatic heterocycles. The molecule has 110 valence electrons. The fraction of sp³-hybridized carbons (Fsp3) is 0.462. The van der Waals surface area contributed by atoms with Gasteiger partial charge in [0.15, 0.2) is 4.96 Å². The zero-order chi connectivity index (χ0) is 14.6. The molecule has 0 aromatic carbocycles. The Hall–Kier alpha value is -1.93. The monoisotopic (exact) mass is 305 g/mol. The normalized spacial score (nSPS) is 21.0. The molecule has 0 unspecified atom stereocenters. The number of likely N-dealkylation sites (tertiary alicyclic amines) is 1. The summed E-state index contributed by atoms with van der Waals surface area (Å²) in [7, 11) is 1.84. The van der Waals surface area contributed by atoms with Gasteiger partial charge in [-0.1, -0.05) is 0 Å². The lowest BCUT2D eigenvalue weighted by atomic mass is 9.89. The van der Waals surface area contributed by atoms with Crippen molar-refractivity contribution in [3.63, 3.8) is 0 Å². The van der Waals surface area contributed by atoms with Crippen LogP contribution in [-0.4, -0.2) is 57.4 Å². The number of urea groups is 1. The number of nitrogens with one attached hydrogen (secondary N) is 1. The highest BCUT2D eigenvalue weighted by Gasteiger charge is 2.51. The zero-order valence-electron chi connectivity index (χ0n) is 11.6. The van der Waals surface area contributed by atoms with E-state index in [9.17, 15) is 9.59 Å². The highest BCUT2D eigenvalue weighted by molar-refractivity contribution is 7.15. The van der Waals surface area contributed by atoms with Crippen LogP contribution in [0, 0.1) is 0 Å². The van der Waals surface area contributed by atoms with Crippen LogP contribution in [-0.2, 0) is 6.54 Å². The Morgan fingerprint density at radius 3 is 2.95 bits per heavy atom. The van der Waals surface area contributed by atoms with Crippen LogP contribution in [0.5, 0.6) is 0 Å². The third-order valence-electron chi connectivity index (χ3n) is 4.36. The Balaban J connectivity index is 1.50. The summed E-state index contributed by atoms with van der Waals surface area (Å²) in [6.45, 7) is 2.97. The van der Waals surface area contributed by atoms with Gasteiger partial charge in [0.25, 0.3) is 5.56 Å². The van der Waals surface area contributed by atoms with Gasteiger partial charge >= 0.3 is 6.03 Å². The van der Waals surface area contributed by atoms with Crippen molar-refractivity contribution in [2.75, 3.05) is 26.7 Å². The summed E-state index contributed by atoms with van der Waals surface area (Å²) in [5.41, 5.74) is 0.664. The number of nitrogens with zero attached hydrogens (tertiary/aromatic N) is 4. The Morgan fingerprint density at radius 1 is 1.43 bits per heavy atom. The lowest BCUT2D eigenvalue weighted by molar-refractivity contribution is -0.00178. The van der Waals surface area contributed by atoms with Crippen LogP contribution in [0.3, 0.4) is 0 Å². The number of rotatable bonds is 2. The minimum Gasteiger partial charge on any atom is -0.336 e. The molecule has 2 saturated heterocycles. The van der Waals surface area contributed by atoms with E-state index in [2.05, 4.69) is 15.2 Å². The number of hydrogen-bond acceptors (Lipinski definition) is 5. The van der Waals surface area contributed by atoms with Crippen LogP contribution in [0.15, 0.2) is 22.4 Å². The van der Waals surface area contributed by atoms with E-state index in [1.807, 2.05) is 12.4 Å². The minimum absolute atomic E-state index is 0.00831. The maximum atomic E-state index is 11.9. The van der Waals surface area contributed by atoms with E-state index >= 15 is 0 Å². The summed E-state index contributed by atoms with van der Waals surface area (Å²) in [6.07, 6.45) is 1.74. The summed E-state index contributed by atoms with van der Waals surface area (Å²) in [6, 6.07) is 1.58. The molecule has 7 nitrogen and oxygen atoms in total. The second-order valence-electron chi connectivity index (χ2n) is 5.73. The Labute approximate surface area is 124 Å². The van der Waals surface area contributed by atoms with E-state index in [-0.39, 0.29) is 17.1 Å². The molecular weight excluding hydrogens is 290 g/mol. The van der Waals surface area contributed by atoms with Gasteiger partial charge in [0.05, 0.1) is 11.2 Å². The fourth-order valence-electron chi connectivity index (χ4n) is 3.11. The molecule has 0 bridgehead atoms. The first-order valence-electron chi connectivity index (χ1n) is 6.77. The Bertz CT molecular complexity index is 776. The molecule has 1 N–H and O–H groups in total. The number of fused-ring (bicyclic) bond motifs is 1. The predicted octanol–water partition coefficient (Wildman–Crippen LogP) is -0.0346. The van der Waals surface area contributed by atoms with Gasteiger partial charge in [-0.15, -0.1) is 11.3 Å². The first-order chi connectivity index (χ1) is 10.1. The third-order valence-corrected chi connectivity index (χ3v) is 5.12. The largest absolute Gasteiger partial charge is 0.336 e. The second-order valence-corrected chi connectivity index (χ2v) is 6.60. The number of amides is 2. The van der Waals surface area contributed by atoms with Crippen molar-refractivity contribution >= 4 is 22.3 Å². The second kappa shape index (κ2) is 4.28.